The highest BCUT2D eigenvalue weighted by molar-refractivity contribution is 5.42. The lowest BCUT2D eigenvalue weighted by Gasteiger charge is -2.44. The molecule has 3 aliphatic rings. The average molecular weight is 473 g/mol. The van der Waals surface area contributed by atoms with E-state index >= 15 is 0 Å². The lowest BCUT2D eigenvalue weighted by Crippen LogP contribution is -2.40. The zero-order chi connectivity index (χ0) is 25.1. The summed E-state index contributed by atoms with van der Waals surface area (Å²) in [5.41, 5.74) is 2.27. The van der Waals surface area contributed by atoms with Gasteiger partial charge in [0.25, 0.3) is 0 Å². The summed E-state index contributed by atoms with van der Waals surface area (Å²) in [5.74, 6) is 2.08. The first-order chi connectivity index (χ1) is 15.9. The maximum absolute atomic E-state index is 11.2. The van der Waals surface area contributed by atoms with Crippen LogP contribution in [0.25, 0.3) is 0 Å². The van der Waals surface area contributed by atoms with Crippen LogP contribution in [0.2, 0.25) is 0 Å². The Balaban J connectivity index is 1.73. The molecule has 3 nitrogen and oxygen atoms in total. The minimum absolute atomic E-state index is 0.363. The quantitative estimate of drug-likeness (QED) is 0.331. The third kappa shape index (κ3) is 6.26. The lowest BCUT2D eigenvalue weighted by atomic mass is 9.60. The highest BCUT2D eigenvalue weighted by Crippen LogP contribution is 2.60. The van der Waals surface area contributed by atoms with Crippen molar-refractivity contribution in [3.63, 3.8) is 0 Å². The molecule has 3 saturated carbocycles. The molecule has 6 atom stereocenters. The summed E-state index contributed by atoms with van der Waals surface area (Å²) in [7, 11) is 0. The van der Waals surface area contributed by atoms with Gasteiger partial charge in [-0.2, -0.15) is 0 Å². The van der Waals surface area contributed by atoms with E-state index in [0.29, 0.717) is 36.5 Å². The normalized spacial score (nSPS) is 37.9. The number of fused-ring (bicyclic) bond motifs is 1. The number of allylic oxidation sites excluding steroid dienone is 3. The molecule has 0 saturated heterocycles. The number of rotatable bonds is 9. The Morgan fingerprint density at radius 2 is 1.94 bits per heavy atom. The SMILES string of the molecule is C=C1/C(=C/C=C2\CCC[C@]3(C)[C@@H]([C@H](C)CCCC(C)(C)O)CC[C@@H]23)C[C@@H](O)C[C@@]1(O)CCCC. The fourth-order valence-corrected chi connectivity index (χ4v) is 7.63. The molecule has 0 aliphatic heterocycles. The predicted molar refractivity (Wildman–Crippen MR) is 143 cm³/mol. The molecule has 34 heavy (non-hydrogen) atoms. The van der Waals surface area contributed by atoms with Crippen molar-refractivity contribution in [1.29, 1.82) is 0 Å². The van der Waals surface area contributed by atoms with Crippen LogP contribution < -0.4 is 0 Å². The van der Waals surface area contributed by atoms with Gasteiger partial charge in [-0.15, -0.1) is 0 Å². The van der Waals surface area contributed by atoms with Gasteiger partial charge >= 0.3 is 0 Å². The highest BCUT2D eigenvalue weighted by Gasteiger charge is 2.50. The summed E-state index contributed by atoms with van der Waals surface area (Å²) in [6.07, 6.45) is 17.2. The monoisotopic (exact) mass is 472 g/mol. The van der Waals surface area contributed by atoms with Crippen LogP contribution in [0, 0.1) is 23.2 Å². The first kappa shape index (κ1) is 27.7. The van der Waals surface area contributed by atoms with Crippen molar-refractivity contribution in [2.75, 3.05) is 0 Å². The average Bonchev–Trinajstić information content (AvgIpc) is 3.10. The van der Waals surface area contributed by atoms with E-state index in [1.165, 1.54) is 38.5 Å². The summed E-state index contributed by atoms with van der Waals surface area (Å²) in [6.45, 7) is 15.2. The molecule has 3 heteroatoms. The number of aliphatic hydroxyl groups is 3. The fourth-order valence-electron chi connectivity index (χ4n) is 7.63. The van der Waals surface area contributed by atoms with E-state index in [1.807, 2.05) is 13.8 Å². The van der Waals surface area contributed by atoms with Gasteiger partial charge in [-0.25, -0.2) is 0 Å². The molecule has 3 rings (SSSR count). The summed E-state index contributed by atoms with van der Waals surface area (Å²) in [5, 5.41) is 31.8. The van der Waals surface area contributed by atoms with E-state index in [9.17, 15) is 15.3 Å². The van der Waals surface area contributed by atoms with E-state index in [4.69, 9.17) is 0 Å². The van der Waals surface area contributed by atoms with Gasteiger partial charge in [-0.05, 0) is 99.5 Å². The van der Waals surface area contributed by atoms with Crippen molar-refractivity contribution < 1.29 is 15.3 Å². The van der Waals surface area contributed by atoms with Gasteiger partial charge in [-0.3, -0.25) is 0 Å². The molecule has 0 unspecified atom stereocenters. The minimum Gasteiger partial charge on any atom is -0.393 e. The second-order valence-electron chi connectivity index (χ2n) is 12.9. The zero-order valence-corrected chi connectivity index (χ0v) is 22.7. The third-order valence-electron chi connectivity index (χ3n) is 9.59. The van der Waals surface area contributed by atoms with Gasteiger partial charge in [0.05, 0.1) is 17.3 Å². The molecule has 194 valence electrons. The summed E-state index contributed by atoms with van der Waals surface area (Å²) < 4.78 is 0. The molecular formula is C31H52O3. The molecule has 0 bridgehead atoms. The van der Waals surface area contributed by atoms with Crippen LogP contribution in [0.3, 0.4) is 0 Å². The Bertz CT molecular complexity index is 772. The van der Waals surface area contributed by atoms with Crippen LogP contribution in [-0.2, 0) is 0 Å². The van der Waals surface area contributed by atoms with Crippen LogP contribution >= 0.6 is 0 Å². The van der Waals surface area contributed by atoms with Crippen LogP contribution in [-0.4, -0.2) is 32.6 Å². The van der Waals surface area contributed by atoms with E-state index in [0.717, 1.165) is 42.7 Å². The smallest absolute Gasteiger partial charge is 0.0918 e. The molecule has 0 aromatic rings. The second kappa shape index (κ2) is 11.0. The van der Waals surface area contributed by atoms with E-state index in [2.05, 4.69) is 39.5 Å². The van der Waals surface area contributed by atoms with Gasteiger partial charge in [0.2, 0.25) is 0 Å². The first-order valence-corrected chi connectivity index (χ1v) is 14.1. The largest absolute Gasteiger partial charge is 0.393 e. The Kier molecular flexibility index (Phi) is 8.97. The minimum atomic E-state index is -0.962. The number of hydrogen-bond acceptors (Lipinski definition) is 3. The van der Waals surface area contributed by atoms with Crippen LogP contribution in [0.5, 0.6) is 0 Å². The van der Waals surface area contributed by atoms with Crippen LogP contribution in [0.1, 0.15) is 118 Å². The first-order valence-electron chi connectivity index (χ1n) is 14.1. The molecule has 0 amide bonds. The van der Waals surface area contributed by atoms with Crippen molar-refractivity contribution >= 4 is 0 Å². The van der Waals surface area contributed by atoms with E-state index in [-0.39, 0.29) is 0 Å². The molecule has 0 heterocycles. The second-order valence-corrected chi connectivity index (χ2v) is 12.9. The molecule has 0 aromatic heterocycles. The lowest BCUT2D eigenvalue weighted by molar-refractivity contribution is -0.000479. The molecule has 3 N–H and O–H groups in total. The van der Waals surface area contributed by atoms with Gasteiger partial charge in [0.1, 0.15) is 0 Å². The van der Waals surface area contributed by atoms with E-state index in [1.54, 1.807) is 5.57 Å². The van der Waals surface area contributed by atoms with Crippen LogP contribution in [0.15, 0.2) is 35.5 Å². The standard InChI is InChI=1S/C31H52O3/c1-7-8-19-31(34)21-26(32)20-25(23(31)3)14-13-24-12-10-18-30(6)27(15-16-28(24)30)22(2)11-9-17-29(4,5)33/h13-14,22,26-28,32-34H,3,7-12,15-21H2,1-2,4-6H3/b24-13+,25-14+/t22-,26-,27-,28+,30-,31+/m1/s1. The molecular weight excluding hydrogens is 420 g/mol. The maximum Gasteiger partial charge on any atom is 0.0918 e. The molecule has 3 aliphatic carbocycles. The van der Waals surface area contributed by atoms with E-state index < -0.39 is 17.3 Å². The fraction of sp³-hybridized carbons (Fsp3) is 0.806. The third-order valence-corrected chi connectivity index (χ3v) is 9.59. The van der Waals surface area contributed by atoms with Crippen molar-refractivity contribution in [2.45, 2.75) is 135 Å². The summed E-state index contributed by atoms with van der Waals surface area (Å²) in [4.78, 5) is 0. The molecule has 0 spiro atoms. The maximum atomic E-state index is 11.2. The van der Waals surface area contributed by atoms with Crippen LogP contribution in [0.4, 0.5) is 0 Å². The number of aliphatic hydroxyl groups excluding tert-OH is 1. The molecule has 0 aromatic carbocycles. The van der Waals surface area contributed by atoms with Gasteiger partial charge in [0.15, 0.2) is 0 Å². The Morgan fingerprint density at radius 3 is 2.62 bits per heavy atom. The Morgan fingerprint density at radius 1 is 1.21 bits per heavy atom. The predicted octanol–water partition coefficient (Wildman–Crippen LogP) is 7.27. The van der Waals surface area contributed by atoms with Gasteiger partial charge in [-0.1, -0.05) is 70.8 Å². The number of hydrogen-bond donors (Lipinski definition) is 3. The summed E-state index contributed by atoms with van der Waals surface area (Å²) in [6, 6.07) is 0. The summed E-state index contributed by atoms with van der Waals surface area (Å²) >= 11 is 0. The topological polar surface area (TPSA) is 60.7 Å². The highest BCUT2D eigenvalue weighted by atomic mass is 16.3. The van der Waals surface area contributed by atoms with Crippen molar-refractivity contribution in [3.05, 3.63) is 35.5 Å². The van der Waals surface area contributed by atoms with Gasteiger partial charge in [0, 0.05) is 6.42 Å². The Labute approximate surface area is 209 Å². The number of unbranched alkanes of at least 4 members (excludes halogenated alkanes) is 1. The van der Waals surface area contributed by atoms with Gasteiger partial charge < -0.3 is 15.3 Å². The van der Waals surface area contributed by atoms with Crippen molar-refractivity contribution in [1.82, 2.24) is 0 Å². The molecule has 3 fully saturated rings. The van der Waals surface area contributed by atoms with Crippen molar-refractivity contribution in [2.24, 2.45) is 23.2 Å². The Hall–Kier alpha value is -0.900. The zero-order valence-electron chi connectivity index (χ0n) is 22.7. The van der Waals surface area contributed by atoms with Crippen molar-refractivity contribution in [3.8, 4) is 0 Å². The molecule has 0 radical (unpaired) electrons.